The molecule has 0 aromatic heterocycles. The van der Waals surface area contributed by atoms with Gasteiger partial charge < -0.3 is 5.73 Å². The van der Waals surface area contributed by atoms with Crippen molar-refractivity contribution in [1.29, 1.82) is 0 Å². The Morgan fingerprint density at radius 2 is 2.07 bits per heavy atom. The minimum Gasteiger partial charge on any atom is -0.330 e. The Kier molecular flexibility index (Phi) is 2.87. The average molecular weight is 189 g/mol. The molecule has 0 radical (unpaired) electrons. The van der Waals surface area contributed by atoms with Gasteiger partial charge in [-0.1, -0.05) is 31.2 Å². The summed E-state index contributed by atoms with van der Waals surface area (Å²) in [6.07, 6.45) is 3.79. The summed E-state index contributed by atoms with van der Waals surface area (Å²) in [5.74, 6) is 1.47. The van der Waals surface area contributed by atoms with E-state index in [0.717, 1.165) is 12.5 Å². The van der Waals surface area contributed by atoms with Crippen LogP contribution in [0.25, 0.3) is 0 Å². The van der Waals surface area contributed by atoms with Gasteiger partial charge in [0.1, 0.15) is 0 Å². The van der Waals surface area contributed by atoms with Crippen LogP contribution in [0.1, 0.15) is 24.5 Å². The summed E-state index contributed by atoms with van der Waals surface area (Å²) < 4.78 is 0. The Balaban J connectivity index is 2.13. The van der Waals surface area contributed by atoms with Gasteiger partial charge in [-0.3, -0.25) is 0 Å². The molecule has 2 atom stereocenters. The van der Waals surface area contributed by atoms with Crippen LogP contribution in [-0.2, 0) is 12.8 Å². The van der Waals surface area contributed by atoms with Gasteiger partial charge in [-0.15, -0.1) is 0 Å². The molecule has 0 saturated carbocycles. The molecule has 1 aliphatic carbocycles. The third-order valence-electron chi connectivity index (χ3n) is 3.56. The van der Waals surface area contributed by atoms with Gasteiger partial charge in [0.15, 0.2) is 0 Å². The zero-order valence-electron chi connectivity index (χ0n) is 8.87. The number of benzene rings is 1. The maximum atomic E-state index is 5.72. The molecule has 1 aliphatic rings. The van der Waals surface area contributed by atoms with Gasteiger partial charge in [0.25, 0.3) is 0 Å². The smallest absolute Gasteiger partial charge is 0.00487 e. The van der Waals surface area contributed by atoms with Crippen molar-refractivity contribution in [3.05, 3.63) is 35.4 Å². The van der Waals surface area contributed by atoms with Gasteiger partial charge in [-0.25, -0.2) is 0 Å². The molecule has 14 heavy (non-hydrogen) atoms. The van der Waals surface area contributed by atoms with Gasteiger partial charge in [0, 0.05) is 0 Å². The van der Waals surface area contributed by atoms with Crippen molar-refractivity contribution in [2.24, 2.45) is 17.6 Å². The Morgan fingerprint density at radius 3 is 2.79 bits per heavy atom. The zero-order chi connectivity index (χ0) is 9.97. The van der Waals surface area contributed by atoms with E-state index in [2.05, 4.69) is 31.2 Å². The Morgan fingerprint density at radius 1 is 1.36 bits per heavy atom. The molecule has 0 amide bonds. The van der Waals surface area contributed by atoms with E-state index in [1.54, 1.807) is 11.1 Å². The lowest BCUT2D eigenvalue weighted by Crippen LogP contribution is -2.26. The predicted octanol–water partition coefficient (Wildman–Crippen LogP) is 2.39. The molecule has 76 valence electrons. The first kappa shape index (κ1) is 9.72. The standard InChI is InChI=1S/C13H19N/c1-10(9-14)12-7-6-11-4-2-3-5-13(11)8-12/h2-5,10,12H,6-9,14H2,1H3/t10-,12?/m0/s1. The molecule has 0 saturated heterocycles. The normalized spacial score (nSPS) is 22.9. The molecular weight excluding hydrogens is 170 g/mol. The minimum absolute atomic E-state index is 0.670. The molecule has 1 aromatic carbocycles. The van der Waals surface area contributed by atoms with Crippen molar-refractivity contribution >= 4 is 0 Å². The molecule has 0 spiro atoms. The lowest BCUT2D eigenvalue weighted by molar-refractivity contribution is 0.327. The van der Waals surface area contributed by atoms with E-state index in [4.69, 9.17) is 5.73 Å². The summed E-state index contributed by atoms with van der Waals surface area (Å²) in [6, 6.07) is 8.82. The maximum absolute atomic E-state index is 5.72. The largest absolute Gasteiger partial charge is 0.330 e. The van der Waals surface area contributed by atoms with E-state index < -0.39 is 0 Å². The first-order valence-corrected chi connectivity index (χ1v) is 5.58. The molecular formula is C13H19N. The third-order valence-corrected chi connectivity index (χ3v) is 3.56. The summed E-state index contributed by atoms with van der Waals surface area (Å²) in [7, 11) is 0. The molecule has 1 nitrogen and oxygen atoms in total. The number of rotatable bonds is 2. The van der Waals surface area contributed by atoms with Crippen LogP contribution in [0.3, 0.4) is 0 Å². The lowest BCUT2D eigenvalue weighted by atomic mass is 9.78. The van der Waals surface area contributed by atoms with Crippen molar-refractivity contribution in [3.8, 4) is 0 Å². The molecule has 1 heteroatoms. The van der Waals surface area contributed by atoms with Crippen molar-refractivity contribution < 1.29 is 0 Å². The number of hydrogen-bond donors (Lipinski definition) is 1. The Bertz CT molecular complexity index is 306. The van der Waals surface area contributed by atoms with E-state index in [1.165, 1.54) is 19.3 Å². The molecule has 0 aliphatic heterocycles. The Hall–Kier alpha value is -0.820. The predicted molar refractivity (Wildman–Crippen MR) is 60.2 cm³/mol. The molecule has 1 aromatic rings. The van der Waals surface area contributed by atoms with Crippen LogP contribution in [0, 0.1) is 11.8 Å². The van der Waals surface area contributed by atoms with Gasteiger partial charge in [0.05, 0.1) is 0 Å². The van der Waals surface area contributed by atoms with Crippen molar-refractivity contribution in [1.82, 2.24) is 0 Å². The van der Waals surface area contributed by atoms with Crippen LogP contribution < -0.4 is 5.73 Å². The fourth-order valence-electron chi connectivity index (χ4n) is 2.40. The maximum Gasteiger partial charge on any atom is -0.00487 e. The SMILES string of the molecule is C[C@@H](CN)C1CCc2ccccc2C1. The number of aryl methyl sites for hydroxylation is 1. The minimum atomic E-state index is 0.670. The second-order valence-electron chi connectivity index (χ2n) is 4.48. The molecule has 0 heterocycles. The van der Waals surface area contributed by atoms with E-state index in [0.29, 0.717) is 5.92 Å². The van der Waals surface area contributed by atoms with Crippen LogP contribution in [0.4, 0.5) is 0 Å². The molecule has 0 bridgehead atoms. The second-order valence-corrected chi connectivity index (χ2v) is 4.48. The summed E-state index contributed by atoms with van der Waals surface area (Å²) in [6.45, 7) is 3.10. The van der Waals surface area contributed by atoms with Crippen LogP contribution in [0.15, 0.2) is 24.3 Å². The first-order chi connectivity index (χ1) is 6.81. The molecule has 0 fully saturated rings. The molecule has 2 rings (SSSR count). The average Bonchev–Trinajstić information content (AvgIpc) is 2.27. The lowest BCUT2D eigenvalue weighted by Gasteiger charge is -2.28. The van der Waals surface area contributed by atoms with Gasteiger partial charge in [-0.2, -0.15) is 0 Å². The molecule has 2 N–H and O–H groups in total. The molecule has 1 unspecified atom stereocenters. The fraction of sp³-hybridized carbons (Fsp3) is 0.538. The quantitative estimate of drug-likeness (QED) is 0.759. The van der Waals surface area contributed by atoms with Crippen molar-refractivity contribution in [3.63, 3.8) is 0 Å². The zero-order valence-corrected chi connectivity index (χ0v) is 8.87. The van der Waals surface area contributed by atoms with Crippen LogP contribution >= 0.6 is 0 Å². The van der Waals surface area contributed by atoms with Crippen LogP contribution in [-0.4, -0.2) is 6.54 Å². The second kappa shape index (κ2) is 4.14. The monoisotopic (exact) mass is 189 g/mol. The topological polar surface area (TPSA) is 26.0 Å². The van der Waals surface area contributed by atoms with E-state index in [-0.39, 0.29) is 0 Å². The number of nitrogens with two attached hydrogens (primary N) is 1. The van der Waals surface area contributed by atoms with Gasteiger partial charge in [0.2, 0.25) is 0 Å². The third kappa shape index (κ3) is 1.83. The van der Waals surface area contributed by atoms with Gasteiger partial charge >= 0.3 is 0 Å². The number of hydrogen-bond acceptors (Lipinski definition) is 1. The highest BCUT2D eigenvalue weighted by molar-refractivity contribution is 5.29. The fourth-order valence-corrected chi connectivity index (χ4v) is 2.40. The highest BCUT2D eigenvalue weighted by Crippen LogP contribution is 2.29. The summed E-state index contributed by atoms with van der Waals surface area (Å²) >= 11 is 0. The van der Waals surface area contributed by atoms with Gasteiger partial charge in [-0.05, 0) is 48.8 Å². The summed E-state index contributed by atoms with van der Waals surface area (Å²) in [5.41, 5.74) is 8.82. The van der Waals surface area contributed by atoms with Crippen molar-refractivity contribution in [2.45, 2.75) is 26.2 Å². The van der Waals surface area contributed by atoms with Crippen LogP contribution in [0.2, 0.25) is 0 Å². The highest BCUT2D eigenvalue weighted by Gasteiger charge is 2.21. The highest BCUT2D eigenvalue weighted by atomic mass is 14.5. The summed E-state index contributed by atoms with van der Waals surface area (Å²) in [5, 5.41) is 0. The first-order valence-electron chi connectivity index (χ1n) is 5.58. The summed E-state index contributed by atoms with van der Waals surface area (Å²) in [4.78, 5) is 0. The van der Waals surface area contributed by atoms with E-state index in [9.17, 15) is 0 Å². The van der Waals surface area contributed by atoms with E-state index >= 15 is 0 Å². The van der Waals surface area contributed by atoms with Crippen LogP contribution in [0.5, 0.6) is 0 Å². The Labute approximate surface area is 86.3 Å². The van der Waals surface area contributed by atoms with Crippen molar-refractivity contribution in [2.75, 3.05) is 6.54 Å². The number of fused-ring (bicyclic) bond motifs is 1. The van der Waals surface area contributed by atoms with E-state index in [1.807, 2.05) is 0 Å².